The van der Waals surface area contributed by atoms with Crippen LogP contribution in [-0.4, -0.2) is 9.38 Å². The van der Waals surface area contributed by atoms with E-state index in [0.29, 0.717) is 11.0 Å². The zero-order valence-electron chi connectivity index (χ0n) is 7.61. The molecule has 74 valence electrons. The lowest BCUT2D eigenvalue weighted by atomic mass is 10.2. The summed E-state index contributed by atoms with van der Waals surface area (Å²) in [7, 11) is 0. The highest BCUT2D eigenvalue weighted by Crippen LogP contribution is 2.18. The number of aromatic nitrogens is 2. The van der Waals surface area contributed by atoms with Crippen LogP contribution in [0.2, 0.25) is 0 Å². The van der Waals surface area contributed by atoms with Crippen molar-refractivity contribution in [1.82, 2.24) is 9.38 Å². The molecule has 0 spiro atoms. The van der Waals surface area contributed by atoms with Crippen molar-refractivity contribution in [3.05, 3.63) is 48.3 Å². The van der Waals surface area contributed by atoms with Gasteiger partial charge < -0.3 is 4.40 Å². The number of nitrogens with zero attached hydrogens (tertiary/aromatic N) is 2. The van der Waals surface area contributed by atoms with E-state index in [-0.39, 0.29) is 0 Å². The van der Waals surface area contributed by atoms with Crippen LogP contribution in [-0.2, 0) is 0 Å². The Morgan fingerprint density at radius 2 is 1.93 bits per heavy atom. The predicted molar refractivity (Wildman–Crippen MR) is 52.6 cm³/mol. The molecule has 2 heterocycles. The van der Waals surface area contributed by atoms with Crippen molar-refractivity contribution in [2.24, 2.45) is 0 Å². The molecule has 0 unspecified atom stereocenters. The molecule has 0 N–H and O–H groups in total. The lowest BCUT2D eigenvalue weighted by Gasteiger charge is -2.02. The Balaban J connectivity index is 2.57. The summed E-state index contributed by atoms with van der Waals surface area (Å²) in [5, 5.41) is 0. The van der Waals surface area contributed by atoms with Crippen LogP contribution in [0.3, 0.4) is 0 Å². The molecule has 2 nitrogen and oxygen atoms in total. The summed E-state index contributed by atoms with van der Waals surface area (Å²) in [4.78, 5) is 4.06. The van der Waals surface area contributed by atoms with Gasteiger partial charge in [0.05, 0.1) is 22.7 Å². The highest BCUT2D eigenvalue weighted by Gasteiger charge is 2.07. The molecule has 0 fully saturated rings. The second-order valence-corrected chi connectivity index (χ2v) is 3.32. The minimum absolute atomic E-state index is 0.442. The van der Waals surface area contributed by atoms with Gasteiger partial charge in [0, 0.05) is 18.3 Å². The number of hydrogen-bond donors (Lipinski definition) is 0. The number of benzene rings is 1. The first-order valence-corrected chi connectivity index (χ1v) is 4.46. The van der Waals surface area contributed by atoms with Gasteiger partial charge >= 0.3 is 0 Å². The normalized spacial score (nSPS) is 11.3. The van der Waals surface area contributed by atoms with E-state index in [0.717, 1.165) is 17.6 Å². The van der Waals surface area contributed by atoms with E-state index in [4.69, 9.17) is 0 Å². The first-order chi connectivity index (χ1) is 7.25. The van der Waals surface area contributed by atoms with Crippen molar-refractivity contribution in [2.75, 3.05) is 0 Å². The SMILES string of the molecule is Fc1cc2ncc3cccn3c2cc1F. The van der Waals surface area contributed by atoms with E-state index in [1.54, 1.807) is 16.8 Å². The summed E-state index contributed by atoms with van der Waals surface area (Å²) < 4.78 is 27.8. The lowest BCUT2D eigenvalue weighted by Crippen LogP contribution is -1.92. The largest absolute Gasteiger partial charge is 0.313 e. The van der Waals surface area contributed by atoms with Gasteiger partial charge in [-0.2, -0.15) is 0 Å². The number of halogens is 2. The van der Waals surface area contributed by atoms with Crippen LogP contribution in [0.15, 0.2) is 36.7 Å². The predicted octanol–water partition coefficient (Wildman–Crippen LogP) is 2.77. The van der Waals surface area contributed by atoms with Crippen molar-refractivity contribution in [2.45, 2.75) is 0 Å². The third kappa shape index (κ3) is 1.11. The van der Waals surface area contributed by atoms with E-state index < -0.39 is 11.6 Å². The van der Waals surface area contributed by atoms with Crippen LogP contribution in [0, 0.1) is 11.6 Å². The van der Waals surface area contributed by atoms with Gasteiger partial charge in [-0.05, 0) is 12.1 Å². The Morgan fingerprint density at radius 1 is 1.13 bits per heavy atom. The van der Waals surface area contributed by atoms with Gasteiger partial charge in [-0.3, -0.25) is 4.98 Å². The summed E-state index contributed by atoms with van der Waals surface area (Å²) in [6, 6.07) is 5.94. The van der Waals surface area contributed by atoms with E-state index in [1.807, 2.05) is 12.1 Å². The van der Waals surface area contributed by atoms with E-state index in [1.165, 1.54) is 0 Å². The molecule has 0 aliphatic rings. The molecule has 2 aromatic heterocycles. The Labute approximate surface area is 83.8 Å². The van der Waals surface area contributed by atoms with E-state index in [2.05, 4.69) is 4.98 Å². The summed E-state index contributed by atoms with van der Waals surface area (Å²) in [5.41, 5.74) is 1.86. The summed E-state index contributed by atoms with van der Waals surface area (Å²) >= 11 is 0. The molecule has 0 amide bonds. The van der Waals surface area contributed by atoms with Gasteiger partial charge in [0.2, 0.25) is 0 Å². The Bertz CT molecular complexity index is 658. The third-order valence-corrected chi connectivity index (χ3v) is 2.39. The zero-order valence-corrected chi connectivity index (χ0v) is 7.61. The minimum Gasteiger partial charge on any atom is -0.313 e. The molecule has 0 bridgehead atoms. The minimum atomic E-state index is -0.874. The molecule has 15 heavy (non-hydrogen) atoms. The molecular weight excluding hydrogens is 198 g/mol. The van der Waals surface area contributed by atoms with Crippen molar-refractivity contribution in [3.8, 4) is 0 Å². The first kappa shape index (κ1) is 8.35. The number of fused-ring (bicyclic) bond motifs is 3. The molecule has 3 rings (SSSR count). The molecule has 3 aromatic rings. The quantitative estimate of drug-likeness (QED) is 0.550. The average molecular weight is 204 g/mol. The Hall–Kier alpha value is -1.97. The fourth-order valence-electron chi connectivity index (χ4n) is 1.68. The zero-order chi connectivity index (χ0) is 10.4. The monoisotopic (exact) mass is 204 g/mol. The molecular formula is C11H6F2N2. The van der Waals surface area contributed by atoms with Crippen molar-refractivity contribution in [3.63, 3.8) is 0 Å². The maximum Gasteiger partial charge on any atom is 0.161 e. The summed E-state index contributed by atoms with van der Waals surface area (Å²) in [6.07, 6.45) is 3.41. The van der Waals surface area contributed by atoms with Gasteiger partial charge in [-0.15, -0.1) is 0 Å². The maximum absolute atomic E-state index is 13.1. The molecule has 0 saturated heterocycles. The van der Waals surface area contributed by atoms with Crippen LogP contribution in [0.1, 0.15) is 0 Å². The van der Waals surface area contributed by atoms with Crippen LogP contribution < -0.4 is 0 Å². The second kappa shape index (κ2) is 2.76. The Kier molecular flexibility index (Phi) is 1.54. The van der Waals surface area contributed by atoms with Crippen molar-refractivity contribution < 1.29 is 8.78 Å². The fourth-order valence-corrected chi connectivity index (χ4v) is 1.68. The standard InChI is InChI=1S/C11H6F2N2/c12-8-4-10-11(5-9(8)13)15-3-1-2-7(15)6-14-10/h1-6H. The van der Waals surface area contributed by atoms with Crippen LogP contribution in [0.25, 0.3) is 16.6 Å². The van der Waals surface area contributed by atoms with Crippen molar-refractivity contribution in [1.29, 1.82) is 0 Å². The summed E-state index contributed by atoms with van der Waals surface area (Å²) in [5.74, 6) is -1.73. The lowest BCUT2D eigenvalue weighted by molar-refractivity contribution is 0.510. The first-order valence-electron chi connectivity index (χ1n) is 4.46. The smallest absolute Gasteiger partial charge is 0.161 e. The molecule has 4 heteroatoms. The van der Waals surface area contributed by atoms with E-state index >= 15 is 0 Å². The van der Waals surface area contributed by atoms with Gasteiger partial charge in [0.15, 0.2) is 11.6 Å². The molecule has 0 aliphatic heterocycles. The van der Waals surface area contributed by atoms with Crippen molar-refractivity contribution >= 4 is 16.6 Å². The van der Waals surface area contributed by atoms with Gasteiger partial charge in [-0.25, -0.2) is 8.78 Å². The van der Waals surface area contributed by atoms with Crippen LogP contribution >= 0.6 is 0 Å². The van der Waals surface area contributed by atoms with Crippen LogP contribution in [0.4, 0.5) is 8.78 Å². The number of rotatable bonds is 0. The number of hydrogen-bond acceptors (Lipinski definition) is 1. The van der Waals surface area contributed by atoms with Gasteiger partial charge in [-0.1, -0.05) is 0 Å². The second-order valence-electron chi connectivity index (χ2n) is 3.32. The molecule has 0 saturated carbocycles. The topological polar surface area (TPSA) is 17.3 Å². The average Bonchev–Trinajstić information content (AvgIpc) is 2.68. The fraction of sp³-hybridized carbons (Fsp3) is 0. The molecule has 1 aromatic carbocycles. The highest BCUT2D eigenvalue weighted by molar-refractivity contribution is 5.78. The molecule has 0 radical (unpaired) electrons. The van der Waals surface area contributed by atoms with Gasteiger partial charge in [0.1, 0.15) is 0 Å². The van der Waals surface area contributed by atoms with Crippen LogP contribution in [0.5, 0.6) is 0 Å². The van der Waals surface area contributed by atoms with Gasteiger partial charge in [0.25, 0.3) is 0 Å². The maximum atomic E-state index is 13.1. The summed E-state index contributed by atoms with van der Waals surface area (Å²) in [6.45, 7) is 0. The molecule has 0 aliphatic carbocycles. The third-order valence-electron chi connectivity index (χ3n) is 2.39. The Morgan fingerprint density at radius 3 is 2.80 bits per heavy atom. The van der Waals surface area contributed by atoms with E-state index in [9.17, 15) is 8.78 Å². The highest BCUT2D eigenvalue weighted by atomic mass is 19.2. The molecule has 0 atom stereocenters.